The number of hydrogen-bond donors (Lipinski definition) is 1. The zero-order valence-corrected chi connectivity index (χ0v) is 18.5. The molecule has 0 bridgehead atoms. The van der Waals surface area contributed by atoms with Gasteiger partial charge in [-0.3, -0.25) is 4.57 Å². The Labute approximate surface area is 163 Å². The fourth-order valence-electron chi connectivity index (χ4n) is 3.18. The lowest BCUT2D eigenvalue weighted by Crippen LogP contribution is -1.95. The zero-order valence-electron chi connectivity index (χ0n) is 17.6. The summed E-state index contributed by atoms with van der Waals surface area (Å²) in [6, 6.07) is 0. The van der Waals surface area contributed by atoms with Crippen molar-refractivity contribution >= 4 is 7.60 Å². The first kappa shape index (κ1) is 25.9. The van der Waals surface area contributed by atoms with Crippen molar-refractivity contribution in [2.45, 2.75) is 117 Å². The average molecular weight is 389 g/mol. The lowest BCUT2D eigenvalue weighted by molar-refractivity contribution is 0.286. The number of allylic oxidation sites excluding steroid dienone is 1. The largest absolute Gasteiger partial charge is 0.328 e. The minimum absolute atomic E-state index is 0.239. The Morgan fingerprint density at radius 1 is 0.731 bits per heavy atom. The average Bonchev–Trinajstić information content (AvgIpc) is 2.61. The van der Waals surface area contributed by atoms with E-state index in [9.17, 15) is 9.46 Å². The number of hydrogen-bond acceptors (Lipinski definition) is 2. The Morgan fingerprint density at radius 2 is 1.12 bits per heavy atom. The van der Waals surface area contributed by atoms with E-state index in [2.05, 4.69) is 6.92 Å². The molecule has 0 aromatic heterocycles. The van der Waals surface area contributed by atoms with Crippen LogP contribution in [-0.4, -0.2) is 17.7 Å². The summed E-state index contributed by atoms with van der Waals surface area (Å²) in [5.41, 5.74) is 0. The second-order valence-corrected chi connectivity index (χ2v) is 9.51. The van der Waals surface area contributed by atoms with Crippen LogP contribution >= 0.6 is 7.60 Å². The van der Waals surface area contributed by atoms with Crippen LogP contribution in [0.3, 0.4) is 0 Å². The molecule has 0 aliphatic carbocycles. The first-order valence-electron chi connectivity index (χ1n) is 11.2. The SMILES string of the molecule is CC=CCOP(=O)(O)CCCCCCCCCCCCCCCCCC. The van der Waals surface area contributed by atoms with Crippen LogP contribution in [0.5, 0.6) is 0 Å². The molecule has 0 aromatic rings. The van der Waals surface area contributed by atoms with Gasteiger partial charge in [0.05, 0.1) is 6.61 Å². The monoisotopic (exact) mass is 388 g/mol. The van der Waals surface area contributed by atoms with Crippen molar-refractivity contribution in [1.29, 1.82) is 0 Å². The van der Waals surface area contributed by atoms with E-state index in [1.165, 1.54) is 89.9 Å². The third-order valence-corrected chi connectivity index (χ3v) is 6.34. The fraction of sp³-hybridized carbons (Fsp3) is 0.909. The summed E-state index contributed by atoms with van der Waals surface area (Å²) in [4.78, 5) is 9.66. The molecule has 26 heavy (non-hydrogen) atoms. The number of unbranched alkanes of at least 4 members (excludes halogenated alkanes) is 15. The zero-order chi connectivity index (χ0) is 19.3. The smallest absolute Gasteiger partial charge is 0.324 e. The third-order valence-electron chi connectivity index (χ3n) is 4.90. The Bertz CT molecular complexity index is 355. The second-order valence-electron chi connectivity index (χ2n) is 7.53. The van der Waals surface area contributed by atoms with E-state index in [1.807, 2.05) is 13.0 Å². The van der Waals surface area contributed by atoms with E-state index >= 15 is 0 Å². The van der Waals surface area contributed by atoms with Crippen LogP contribution in [0.4, 0.5) is 0 Å². The first-order valence-corrected chi connectivity index (χ1v) is 13.0. The number of rotatable bonds is 20. The van der Waals surface area contributed by atoms with Gasteiger partial charge in [-0.05, 0) is 13.3 Å². The minimum Gasteiger partial charge on any atom is -0.324 e. The maximum atomic E-state index is 11.7. The van der Waals surface area contributed by atoms with Gasteiger partial charge in [-0.1, -0.05) is 115 Å². The Hall–Kier alpha value is -0.110. The molecule has 0 fully saturated rings. The van der Waals surface area contributed by atoms with Crippen LogP contribution in [0.2, 0.25) is 0 Å². The van der Waals surface area contributed by atoms with Crippen LogP contribution in [0, 0.1) is 0 Å². The molecule has 1 atom stereocenters. The van der Waals surface area contributed by atoms with E-state index in [0.717, 1.165) is 12.8 Å². The molecule has 0 spiro atoms. The summed E-state index contributed by atoms with van der Waals surface area (Å²) in [6.07, 6.45) is 24.9. The van der Waals surface area contributed by atoms with E-state index < -0.39 is 7.60 Å². The lowest BCUT2D eigenvalue weighted by Gasteiger charge is -2.10. The van der Waals surface area contributed by atoms with Gasteiger partial charge < -0.3 is 9.42 Å². The van der Waals surface area contributed by atoms with E-state index in [0.29, 0.717) is 6.16 Å². The molecular formula is C22H45O3P. The van der Waals surface area contributed by atoms with Gasteiger partial charge in [0.2, 0.25) is 0 Å². The van der Waals surface area contributed by atoms with Gasteiger partial charge in [0.15, 0.2) is 0 Å². The van der Waals surface area contributed by atoms with Crippen LogP contribution in [-0.2, 0) is 9.09 Å². The van der Waals surface area contributed by atoms with Crippen molar-refractivity contribution in [1.82, 2.24) is 0 Å². The molecule has 0 saturated carbocycles. The molecule has 0 radical (unpaired) electrons. The fourth-order valence-corrected chi connectivity index (χ4v) is 4.25. The highest BCUT2D eigenvalue weighted by Crippen LogP contribution is 2.42. The molecule has 0 heterocycles. The van der Waals surface area contributed by atoms with Crippen LogP contribution in [0.1, 0.15) is 117 Å². The topological polar surface area (TPSA) is 46.5 Å². The molecule has 0 aromatic carbocycles. The third kappa shape index (κ3) is 20.2. The van der Waals surface area contributed by atoms with Crippen molar-refractivity contribution < 1.29 is 14.0 Å². The van der Waals surface area contributed by atoms with Gasteiger partial charge in [-0.25, -0.2) is 0 Å². The normalized spacial score (nSPS) is 14.1. The Morgan fingerprint density at radius 3 is 1.50 bits per heavy atom. The van der Waals surface area contributed by atoms with E-state index in [4.69, 9.17) is 4.52 Å². The van der Waals surface area contributed by atoms with Gasteiger partial charge in [0, 0.05) is 6.16 Å². The highest BCUT2D eigenvalue weighted by molar-refractivity contribution is 7.52. The maximum Gasteiger partial charge on any atom is 0.328 e. The molecule has 3 nitrogen and oxygen atoms in total. The minimum atomic E-state index is -3.36. The summed E-state index contributed by atoms with van der Waals surface area (Å²) in [7, 11) is -3.36. The van der Waals surface area contributed by atoms with Crippen molar-refractivity contribution in [3.63, 3.8) is 0 Å². The highest BCUT2D eigenvalue weighted by atomic mass is 31.2. The second kappa shape index (κ2) is 19.6. The molecule has 1 N–H and O–H groups in total. The summed E-state index contributed by atoms with van der Waals surface area (Å²) >= 11 is 0. The summed E-state index contributed by atoms with van der Waals surface area (Å²) < 4.78 is 16.8. The maximum absolute atomic E-state index is 11.7. The van der Waals surface area contributed by atoms with Crippen LogP contribution in [0.15, 0.2) is 12.2 Å². The van der Waals surface area contributed by atoms with Crippen LogP contribution in [0.25, 0.3) is 0 Å². The van der Waals surface area contributed by atoms with Gasteiger partial charge in [-0.2, -0.15) is 0 Å². The van der Waals surface area contributed by atoms with Gasteiger partial charge in [0.25, 0.3) is 0 Å². The van der Waals surface area contributed by atoms with Gasteiger partial charge >= 0.3 is 7.60 Å². The Balaban J connectivity index is 3.21. The lowest BCUT2D eigenvalue weighted by atomic mass is 10.0. The Kier molecular flexibility index (Phi) is 19.6. The van der Waals surface area contributed by atoms with Gasteiger partial charge in [-0.15, -0.1) is 0 Å². The molecule has 156 valence electrons. The quantitative estimate of drug-likeness (QED) is 0.130. The molecule has 0 rings (SSSR count). The van der Waals surface area contributed by atoms with Gasteiger partial charge in [0.1, 0.15) is 0 Å². The van der Waals surface area contributed by atoms with E-state index in [-0.39, 0.29) is 6.61 Å². The first-order chi connectivity index (χ1) is 12.6. The van der Waals surface area contributed by atoms with Crippen molar-refractivity contribution in [2.75, 3.05) is 12.8 Å². The molecule has 0 aliphatic heterocycles. The molecule has 1 unspecified atom stereocenters. The van der Waals surface area contributed by atoms with E-state index in [1.54, 1.807) is 6.08 Å². The molecule has 4 heteroatoms. The molecular weight excluding hydrogens is 343 g/mol. The van der Waals surface area contributed by atoms with Crippen LogP contribution < -0.4 is 0 Å². The molecule has 0 amide bonds. The molecule has 0 aliphatic rings. The summed E-state index contributed by atoms with van der Waals surface area (Å²) in [5.74, 6) is 0. The standard InChI is InChI=1S/C22H45O3P/c1-3-5-7-8-9-10-11-12-13-14-15-16-17-18-19-20-22-26(23,24)25-21-6-4-2/h4,6H,3,5,7-22H2,1-2H3,(H,23,24). The summed E-state index contributed by atoms with van der Waals surface area (Å²) in [5, 5.41) is 0. The van der Waals surface area contributed by atoms with Crippen molar-refractivity contribution in [3.8, 4) is 0 Å². The predicted molar refractivity (Wildman–Crippen MR) is 115 cm³/mol. The van der Waals surface area contributed by atoms with Crippen molar-refractivity contribution in [2.24, 2.45) is 0 Å². The summed E-state index contributed by atoms with van der Waals surface area (Å²) in [6.45, 7) is 4.39. The van der Waals surface area contributed by atoms with Crippen molar-refractivity contribution in [3.05, 3.63) is 12.2 Å². The highest BCUT2D eigenvalue weighted by Gasteiger charge is 2.17. The predicted octanol–water partition coefficient (Wildman–Crippen LogP) is 8.03. The molecule has 0 saturated heterocycles.